The van der Waals surface area contributed by atoms with Crippen LogP contribution in [0.3, 0.4) is 0 Å². The van der Waals surface area contributed by atoms with Crippen LogP contribution in [0.1, 0.15) is 5.56 Å². The van der Waals surface area contributed by atoms with Gasteiger partial charge in [0.2, 0.25) is 0 Å². The SMILES string of the molecule is N#Cc1ccc(NN=NCCSCCCl)cc1. The molecule has 17 heavy (non-hydrogen) atoms. The average Bonchev–Trinajstić information content (AvgIpc) is 2.38. The van der Waals surface area contributed by atoms with Crippen LogP contribution in [-0.2, 0) is 0 Å². The zero-order chi connectivity index (χ0) is 12.3. The predicted octanol–water partition coefficient (Wildman–Crippen LogP) is 3.31. The molecule has 0 aliphatic heterocycles. The molecule has 90 valence electrons. The Hall–Kier alpha value is -1.25. The van der Waals surface area contributed by atoms with Crippen molar-refractivity contribution in [3.63, 3.8) is 0 Å². The minimum Gasteiger partial charge on any atom is -0.260 e. The Kier molecular flexibility index (Phi) is 7.19. The molecule has 4 nitrogen and oxygen atoms in total. The largest absolute Gasteiger partial charge is 0.260 e. The molecule has 0 aromatic heterocycles. The summed E-state index contributed by atoms with van der Waals surface area (Å²) in [4.78, 5) is 0. The Bertz CT molecular complexity index is 385. The number of anilines is 1. The number of benzene rings is 1. The minimum atomic E-state index is 0.630. The van der Waals surface area contributed by atoms with E-state index in [1.54, 1.807) is 36.0 Å². The first-order valence-electron chi connectivity index (χ1n) is 5.13. The summed E-state index contributed by atoms with van der Waals surface area (Å²) in [5, 5.41) is 16.4. The second kappa shape index (κ2) is 8.85. The predicted molar refractivity (Wildman–Crippen MR) is 72.5 cm³/mol. The molecule has 0 fully saturated rings. The maximum atomic E-state index is 8.62. The Labute approximate surface area is 110 Å². The number of alkyl halides is 1. The van der Waals surface area contributed by atoms with Gasteiger partial charge in [-0.1, -0.05) is 5.22 Å². The second-order valence-corrected chi connectivity index (χ2v) is 4.67. The molecule has 0 heterocycles. The van der Waals surface area contributed by atoms with Crippen molar-refractivity contribution in [2.45, 2.75) is 0 Å². The van der Waals surface area contributed by atoms with E-state index in [4.69, 9.17) is 16.9 Å². The lowest BCUT2D eigenvalue weighted by molar-refractivity contribution is 0.971. The molecule has 0 aliphatic carbocycles. The molecule has 1 aromatic carbocycles. The van der Waals surface area contributed by atoms with Gasteiger partial charge in [-0.2, -0.15) is 22.1 Å². The Morgan fingerprint density at radius 1 is 1.29 bits per heavy atom. The van der Waals surface area contributed by atoms with Gasteiger partial charge in [-0.15, -0.1) is 11.6 Å². The molecule has 0 spiro atoms. The molecule has 0 saturated heterocycles. The van der Waals surface area contributed by atoms with Gasteiger partial charge < -0.3 is 0 Å². The molecular formula is C11H13ClN4S. The van der Waals surface area contributed by atoms with Crippen LogP contribution in [0.2, 0.25) is 0 Å². The van der Waals surface area contributed by atoms with E-state index in [2.05, 4.69) is 21.8 Å². The number of thioether (sulfide) groups is 1. The van der Waals surface area contributed by atoms with Gasteiger partial charge in [-0.05, 0) is 24.3 Å². The molecule has 0 aliphatic rings. The highest BCUT2D eigenvalue weighted by Crippen LogP contribution is 2.08. The first-order valence-corrected chi connectivity index (χ1v) is 6.82. The Balaban J connectivity index is 2.21. The molecule has 0 unspecified atom stereocenters. The van der Waals surface area contributed by atoms with Gasteiger partial charge in [-0.3, -0.25) is 5.43 Å². The number of rotatable bonds is 7. The van der Waals surface area contributed by atoms with Crippen molar-refractivity contribution >= 4 is 29.1 Å². The lowest BCUT2D eigenvalue weighted by Crippen LogP contribution is -1.91. The molecule has 6 heteroatoms. The van der Waals surface area contributed by atoms with Crippen LogP contribution in [0.5, 0.6) is 0 Å². The number of nitrogens with zero attached hydrogens (tertiary/aromatic N) is 3. The molecule has 0 bridgehead atoms. The summed E-state index contributed by atoms with van der Waals surface area (Å²) in [6.45, 7) is 0.671. The summed E-state index contributed by atoms with van der Waals surface area (Å²) in [6, 6.07) is 9.10. The van der Waals surface area contributed by atoms with Crippen molar-refractivity contribution in [2.24, 2.45) is 10.3 Å². The van der Waals surface area contributed by atoms with Crippen LogP contribution in [0, 0.1) is 11.3 Å². The lowest BCUT2D eigenvalue weighted by atomic mass is 10.2. The van der Waals surface area contributed by atoms with Gasteiger partial charge in [0.05, 0.1) is 23.9 Å². The van der Waals surface area contributed by atoms with Gasteiger partial charge in [0.15, 0.2) is 0 Å². The van der Waals surface area contributed by atoms with E-state index >= 15 is 0 Å². The minimum absolute atomic E-state index is 0.630. The van der Waals surface area contributed by atoms with Crippen molar-refractivity contribution in [3.05, 3.63) is 29.8 Å². The molecule has 0 radical (unpaired) electrons. The van der Waals surface area contributed by atoms with E-state index < -0.39 is 0 Å². The summed E-state index contributed by atoms with van der Waals surface area (Å²) in [5.74, 6) is 2.54. The summed E-state index contributed by atoms with van der Waals surface area (Å²) in [5.41, 5.74) is 4.25. The van der Waals surface area contributed by atoms with Crippen molar-refractivity contribution in [1.82, 2.24) is 0 Å². The van der Waals surface area contributed by atoms with Gasteiger partial charge in [0, 0.05) is 17.4 Å². The average molecular weight is 269 g/mol. The fourth-order valence-electron chi connectivity index (χ4n) is 1.02. The van der Waals surface area contributed by atoms with Crippen LogP contribution in [0.15, 0.2) is 34.6 Å². The Morgan fingerprint density at radius 2 is 2.06 bits per heavy atom. The zero-order valence-corrected chi connectivity index (χ0v) is 10.8. The highest BCUT2D eigenvalue weighted by molar-refractivity contribution is 7.99. The first-order chi connectivity index (χ1) is 8.36. The normalized spacial score (nSPS) is 10.4. The van der Waals surface area contributed by atoms with Gasteiger partial charge in [0.1, 0.15) is 0 Å². The van der Waals surface area contributed by atoms with E-state index in [0.29, 0.717) is 18.0 Å². The number of nitrogens with one attached hydrogen (secondary N) is 1. The topological polar surface area (TPSA) is 60.5 Å². The molecule has 0 saturated carbocycles. The maximum Gasteiger partial charge on any atom is 0.0991 e. The fraction of sp³-hybridized carbons (Fsp3) is 0.364. The number of hydrogen-bond donors (Lipinski definition) is 1. The standard InChI is InChI=1S/C11H13ClN4S/c12-5-7-17-8-6-14-16-15-11-3-1-10(9-13)2-4-11/h1-4H,5-8H2,(H,14,15). The lowest BCUT2D eigenvalue weighted by Gasteiger charge is -1.98. The van der Waals surface area contributed by atoms with Crippen LogP contribution in [0.25, 0.3) is 0 Å². The quantitative estimate of drug-likeness (QED) is 0.357. The maximum absolute atomic E-state index is 8.62. The van der Waals surface area contributed by atoms with Crippen molar-refractivity contribution in [1.29, 1.82) is 5.26 Å². The third-order valence-corrected chi connectivity index (χ3v) is 3.20. The number of halogens is 1. The van der Waals surface area contributed by atoms with Crippen LogP contribution in [-0.4, -0.2) is 23.9 Å². The molecule has 0 atom stereocenters. The fourth-order valence-corrected chi connectivity index (χ4v) is 1.88. The number of hydrogen-bond acceptors (Lipinski definition) is 4. The van der Waals surface area contributed by atoms with E-state index in [1.165, 1.54) is 0 Å². The third kappa shape index (κ3) is 6.15. The molecular weight excluding hydrogens is 256 g/mol. The van der Waals surface area contributed by atoms with E-state index in [-0.39, 0.29) is 0 Å². The first kappa shape index (κ1) is 13.8. The molecule has 1 N–H and O–H groups in total. The van der Waals surface area contributed by atoms with Crippen molar-refractivity contribution < 1.29 is 0 Å². The monoisotopic (exact) mass is 268 g/mol. The highest BCUT2D eigenvalue weighted by Gasteiger charge is 1.91. The third-order valence-electron chi connectivity index (χ3n) is 1.82. The van der Waals surface area contributed by atoms with Crippen molar-refractivity contribution in [2.75, 3.05) is 29.4 Å². The van der Waals surface area contributed by atoms with Crippen LogP contribution >= 0.6 is 23.4 Å². The number of nitriles is 1. The van der Waals surface area contributed by atoms with Crippen LogP contribution < -0.4 is 5.43 Å². The molecule has 1 rings (SSSR count). The second-order valence-electron chi connectivity index (χ2n) is 3.07. The van der Waals surface area contributed by atoms with Crippen LogP contribution in [0.4, 0.5) is 5.69 Å². The summed E-state index contributed by atoms with van der Waals surface area (Å²) < 4.78 is 0. The molecule has 1 aromatic rings. The van der Waals surface area contributed by atoms with E-state index in [0.717, 1.165) is 17.2 Å². The summed E-state index contributed by atoms with van der Waals surface area (Å²) in [6.07, 6.45) is 0. The zero-order valence-electron chi connectivity index (χ0n) is 9.27. The van der Waals surface area contributed by atoms with E-state index in [1.807, 2.05) is 0 Å². The van der Waals surface area contributed by atoms with Gasteiger partial charge >= 0.3 is 0 Å². The smallest absolute Gasteiger partial charge is 0.0991 e. The summed E-state index contributed by atoms with van der Waals surface area (Å²) in [7, 11) is 0. The van der Waals surface area contributed by atoms with Gasteiger partial charge in [0.25, 0.3) is 0 Å². The van der Waals surface area contributed by atoms with Gasteiger partial charge in [-0.25, -0.2) is 0 Å². The van der Waals surface area contributed by atoms with Crippen molar-refractivity contribution in [3.8, 4) is 6.07 Å². The highest BCUT2D eigenvalue weighted by atomic mass is 35.5. The summed E-state index contributed by atoms with van der Waals surface area (Å²) >= 11 is 7.29. The Morgan fingerprint density at radius 3 is 2.71 bits per heavy atom. The van der Waals surface area contributed by atoms with E-state index in [9.17, 15) is 0 Å². The molecule has 0 amide bonds.